The van der Waals surface area contributed by atoms with Crippen molar-refractivity contribution in [1.82, 2.24) is 4.72 Å². The molecule has 1 unspecified atom stereocenters. The first-order valence-corrected chi connectivity index (χ1v) is 7.43. The van der Waals surface area contributed by atoms with E-state index in [1.807, 2.05) is 0 Å². The zero-order valence-corrected chi connectivity index (χ0v) is 11.6. The van der Waals surface area contributed by atoms with Crippen molar-refractivity contribution in [3.8, 4) is 0 Å². The third-order valence-corrected chi connectivity index (χ3v) is 3.98. The number of carbonyl (C=O) groups is 1. The molecule has 1 amide bonds. The molecule has 0 aliphatic carbocycles. The molecule has 15 heavy (non-hydrogen) atoms. The Hall–Kier alpha value is -0.400. The van der Waals surface area contributed by atoms with Crippen LogP contribution in [0.2, 0.25) is 0 Å². The molecule has 0 fully saturated rings. The number of halogens is 2. The summed E-state index contributed by atoms with van der Waals surface area (Å²) in [6.07, 6.45) is 1.39. The molecule has 4 nitrogen and oxygen atoms in total. The van der Waals surface area contributed by atoms with E-state index in [4.69, 9.17) is 0 Å². The molecule has 1 aliphatic heterocycles. The first-order valence-electron chi connectivity index (χ1n) is 3.92. The van der Waals surface area contributed by atoms with E-state index >= 15 is 0 Å². The lowest BCUT2D eigenvalue weighted by atomic mass is 10.2. The molecule has 1 aliphatic rings. The van der Waals surface area contributed by atoms with Crippen molar-refractivity contribution in [2.45, 2.75) is 0 Å². The van der Waals surface area contributed by atoms with E-state index in [9.17, 15) is 9.00 Å². The highest BCUT2D eigenvalue weighted by atomic mass is 79.9. The summed E-state index contributed by atoms with van der Waals surface area (Å²) in [7, 11) is -2.65. The van der Waals surface area contributed by atoms with Crippen molar-refractivity contribution in [1.29, 1.82) is 0 Å². The molecule has 0 spiro atoms. The molecule has 0 saturated heterocycles. The van der Waals surface area contributed by atoms with Crippen molar-refractivity contribution < 1.29 is 9.00 Å². The zero-order chi connectivity index (χ0) is 11.2. The van der Waals surface area contributed by atoms with E-state index in [1.54, 1.807) is 12.1 Å². The van der Waals surface area contributed by atoms with E-state index in [-0.39, 0.29) is 5.91 Å². The summed E-state index contributed by atoms with van der Waals surface area (Å²) in [6.45, 7) is 0. The summed E-state index contributed by atoms with van der Waals surface area (Å²) in [5.41, 5.74) is 0.853. The van der Waals surface area contributed by atoms with Crippen LogP contribution in [-0.4, -0.2) is 16.4 Å². The second-order valence-electron chi connectivity index (χ2n) is 3.11. The van der Waals surface area contributed by atoms with Gasteiger partial charge in [-0.3, -0.25) is 9.52 Å². The van der Waals surface area contributed by atoms with Gasteiger partial charge in [0.25, 0.3) is 5.91 Å². The molecule has 1 atom stereocenters. The summed E-state index contributed by atoms with van der Waals surface area (Å²) in [4.78, 5) is 11.6. The first kappa shape index (κ1) is 11.1. The highest BCUT2D eigenvalue weighted by Crippen LogP contribution is 2.35. The SMILES string of the molecule is CS1(=O)=Nc2c(Br)cc(Br)cc2C(=O)N1. The van der Waals surface area contributed by atoms with Crippen LogP contribution in [0, 0.1) is 0 Å². The van der Waals surface area contributed by atoms with E-state index in [2.05, 4.69) is 40.9 Å². The lowest BCUT2D eigenvalue weighted by Crippen LogP contribution is -2.32. The van der Waals surface area contributed by atoms with E-state index in [1.165, 1.54) is 6.26 Å². The third kappa shape index (κ3) is 2.09. The maximum Gasteiger partial charge on any atom is 0.265 e. The quantitative estimate of drug-likeness (QED) is 0.779. The summed E-state index contributed by atoms with van der Waals surface area (Å²) in [5.74, 6) is -0.366. The summed E-state index contributed by atoms with van der Waals surface area (Å²) < 4.78 is 19.4. The minimum Gasteiger partial charge on any atom is -0.268 e. The predicted molar refractivity (Wildman–Crippen MR) is 65.5 cm³/mol. The standard InChI is InChI=1S/C8H6Br2N2O2S/c1-15(14)11-7-5(8(13)12-15)2-4(9)3-6(7)10/h2-3H,1H3,(H,11,12,13,14). The predicted octanol–water partition coefficient (Wildman–Crippen LogP) is 2.60. The normalized spacial score (nSPS) is 24.1. The van der Waals surface area contributed by atoms with Crippen LogP contribution in [0.1, 0.15) is 10.4 Å². The van der Waals surface area contributed by atoms with Crippen LogP contribution in [-0.2, 0) is 9.92 Å². The molecule has 7 heteroatoms. The number of amides is 1. The van der Waals surface area contributed by atoms with Gasteiger partial charge in [0.1, 0.15) is 15.6 Å². The second kappa shape index (κ2) is 3.57. The lowest BCUT2D eigenvalue weighted by molar-refractivity contribution is 0.0982. The van der Waals surface area contributed by atoms with Gasteiger partial charge in [0, 0.05) is 15.2 Å². The Morgan fingerprint density at radius 1 is 1.40 bits per heavy atom. The summed E-state index contributed by atoms with van der Waals surface area (Å²) in [5, 5.41) is 0. The zero-order valence-electron chi connectivity index (χ0n) is 7.58. The first-order chi connectivity index (χ1) is 6.89. The smallest absolute Gasteiger partial charge is 0.265 e. The van der Waals surface area contributed by atoms with Crippen molar-refractivity contribution in [2.24, 2.45) is 4.36 Å². The largest absolute Gasteiger partial charge is 0.268 e. The van der Waals surface area contributed by atoms with Gasteiger partial charge in [0.15, 0.2) is 0 Å². The van der Waals surface area contributed by atoms with Gasteiger partial charge in [-0.15, -0.1) is 0 Å². The maximum atomic E-state index is 11.7. The molecule has 0 saturated carbocycles. The van der Waals surface area contributed by atoms with Crippen molar-refractivity contribution in [3.05, 3.63) is 26.6 Å². The Balaban J connectivity index is 2.82. The van der Waals surface area contributed by atoms with Crippen molar-refractivity contribution >= 4 is 53.4 Å². The van der Waals surface area contributed by atoms with Crippen LogP contribution in [0.25, 0.3) is 0 Å². The molecular weight excluding hydrogens is 348 g/mol. The Labute approximate surface area is 104 Å². The fourth-order valence-corrected chi connectivity index (χ4v) is 3.73. The fraction of sp³-hybridized carbons (Fsp3) is 0.125. The van der Waals surface area contributed by atoms with Crippen molar-refractivity contribution in [3.63, 3.8) is 0 Å². The van der Waals surface area contributed by atoms with Gasteiger partial charge in [-0.2, -0.15) is 4.36 Å². The molecular formula is C8H6Br2N2O2S. The van der Waals surface area contributed by atoms with E-state index in [0.717, 1.165) is 4.47 Å². The Bertz CT molecular complexity index is 576. The van der Waals surface area contributed by atoms with Crippen LogP contribution in [0.5, 0.6) is 0 Å². The maximum absolute atomic E-state index is 11.7. The van der Waals surface area contributed by atoms with Gasteiger partial charge in [-0.1, -0.05) is 15.9 Å². The van der Waals surface area contributed by atoms with Gasteiger partial charge in [0.2, 0.25) is 0 Å². The van der Waals surface area contributed by atoms with Gasteiger partial charge in [-0.05, 0) is 28.1 Å². The van der Waals surface area contributed by atoms with Gasteiger partial charge >= 0.3 is 0 Å². The lowest BCUT2D eigenvalue weighted by Gasteiger charge is -2.16. The molecule has 1 N–H and O–H groups in total. The van der Waals surface area contributed by atoms with Crippen LogP contribution in [0.15, 0.2) is 25.4 Å². The molecule has 0 radical (unpaired) electrons. The average Bonchev–Trinajstić information content (AvgIpc) is 2.06. The molecule has 2 rings (SSSR count). The van der Waals surface area contributed by atoms with Crippen LogP contribution >= 0.6 is 31.9 Å². The molecule has 0 aromatic heterocycles. The van der Waals surface area contributed by atoms with Crippen LogP contribution < -0.4 is 4.72 Å². The van der Waals surface area contributed by atoms with Gasteiger partial charge in [0.05, 0.1) is 5.56 Å². The average molecular weight is 354 g/mol. The van der Waals surface area contributed by atoms with E-state index in [0.29, 0.717) is 15.7 Å². The molecule has 80 valence electrons. The monoisotopic (exact) mass is 352 g/mol. The van der Waals surface area contributed by atoms with E-state index < -0.39 is 9.92 Å². The van der Waals surface area contributed by atoms with Crippen LogP contribution in [0.3, 0.4) is 0 Å². The summed E-state index contributed by atoms with van der Waals surface area (Å²) >= 11 is 6.56. The van der Waals surface area contributed by atoms with Crippen molar-refractivity contribution in [2.75, 3.05) is 6.26 Å². The molecule has 1 heterocycles. The summed E-state index contributed by atoms with van der Waals surface area (Å²) in [6, 6.07) is 3.41. The number of hydrogen-bond acceptors (Lipinski definition) is 3. The van der Waals surface area contributed by atoms with Crippen LogP contribution in [0.4, 0.5) is 5.69 Å². The number of rotatable bonds is 0. The second-order valence-corrected chi connectivity index (χ2v) is 6.87. The molecule has 0 bridgehead atoms. The highest BCUT2D eigenvalue weighted by Gasteiger charge is 2.23. The topological polar surface area (TPSA) is 58.5 Å². The molecule has 1 aromatic carbocycles. The Morgan fingerprint density at radius 3 is 2.73 bits per heavy atom. The minimum absolute atomic E-state index is 0.366. The highest BCUT2D eigenvalue weighted by molar-refractivity contribution is 9.11. The number of hydrogen-bond donors (Lipinski definition) is 1. The number of fused-ring (bicyclic) bond motifs is 1. The number of carbonyl (C=O) groups excluding carboxylic acids is 1. The van der Waals surface area contributed by atoms with Gasteiger partial charge < -0.3 is 0 Å². The number of nitrogens with one attached hydrogen (secondary N) is 1. The molecule has 1 aromatic rings. The number of benzene rings is 1. The fourth-order valence-electron chi connectivity index (χ4n) is 1.26. The minimum atomic E-state index is -2.65. The third-order valence-electron chi connectivity index (χ3n) is 1.82. The van der Waals surface area contributed by atoms with Gasteiger partial charge in [-0.25, -0.2) is 4.21 Å². The Kier molecular flexibility index (Phi) is 2.64. The number of nitrogens with zero attached hydrogens (tertiary/aromatic N) is 1. The Morgan fingerprint density at radius 2 is 2.07 bits per heavy atom.